The lowest BCUT2D eigenvalue weighted by molar-refractivity contribution is 0.703. The van der Waals surface area contributed by atoms with Crippen molar-refractivity contribution >= 4 is 55.0 Å². The molecule has 57 heavy (non-hydrogen) atoms. The van der Waals surface area contributed by atoms with Gasteiger partial charge in [0.15, 0.2) is 0 Å². The summed E-state index contributed by atoms with van der Waals surface area (Å²) in [4.78, 5) is 0. The molecule has 9 rings (SSSR count). The van der Waals surface area contributed by atoms with Crippen molar-refractivity contribution in [2.45, 2.75) is 127 Å². The van der Waals surface area contributed by atoms with Crippen LogP contribution in [0.2, 0.25) is 0 Å². The van der Waals surface area contributed by atoms with Gasteiger partial charge in [-0.1, -0.05) is 192 Å². The van der Waals surface area contributed by atoms with E-state index in [1.807, 2.05) is 41.5 Å². The molecule has 6 aromatic rings. The smallest absolute Gasteiger partial charge is 0.0161 e. The maximum absolute atomic E-state index is 2.57. The van der Waals surface area contributed by atoms with Gasteiger partial charge in [-0.25, -0.2) is 0 Å². The van der Waals surface area contributed by atoms with Crippen LogP contribution < -0.4 is 0 Å². The minimum absolute atomic E-state index is 0.0996. The average Bonchev–Trinajstić information content (AvgIpc) is 3.66. The Bertz CT molecular complexity index is 2620. The fourth-order valence-corrected chi connectivity index (χ4v) is 10.9. The highest BCUT2D eigenvalue weighted by molar-refractivity contribution is 6.23. The number of hydrogen-bond acceptors (Lipinski definition) is 0. The quantitative estimate of drug-likeness (QED) is 0.158. The number of hydrogen-bond donors (Lipinski definition) is 0. The molecule has 0 bridgehead atoms. The minimum atomic E-state index is -0.154. The van der Waals surface area contributed by atoms with E-state index in [0.29, 0.717) is 0 Å². The molecular weight excluding hydrogens is 685 g/mol. The second-order valence-electron chi connectivity index (χ2n) is 17.1. The zero-order valence-corrected chi connectivity index (χ0v) is 37.9. The summed E-state index contributed by atoms with van der Waals surface area (Å²) in [6.45, 7) is 35.9. The van der Waals surface area contributed by atoms with E-state index in [2.05, 4.69) is 178 Å². The molecule has 0 unspecified atom stereocenters. The Morgan fingerprint density at radius 2 is 0.667 bits per heavy atom. The van der Waals surface area contributed by atoms with Crippen LogP contribution in [0.4, 0.5) is 0 Å². The van der Waals surface area contributed by atoms with Gasteiger partial charge in [0, 0.05) is 16.2 Å². The fraction of sp³-hybridized carbons (Fsp3) is 0.333. The van der Waals surface area contributed by atoms with Crippen LogP contribution in [0, 0.1) is 6.92 Å². The molecule has 0 amide bonds. The molecule has 0 radical (unpaired) electrons. The van der Waals surface area contributed by atoms with Crippen molar-refractivity contribution in [3.8, 4) is 0 Å². The molecule has 0 heterocycles. The molecule has 0 heteroatoms. The van der Waals surface area contributed by atoms with Crippen molar-refractivity contribution in [3.05, 3.63) is 165 Å². The van der Waals surface area contributed by atoms with Crippen LogP contribution in [0.3, 0.4) is 0 Å². The van der Waals surface area contributed by atoms with E-state index >= 15 is 0 Å². The topological polar surface area (TPSA) is 0 Å². The summed E-state index contributed by atoms with van der Waals surface area (Å²) in [7, 11) is 0. The van der Waals surface area contributed by atoms with Crippen LogP contribution >= 0.6 is 0 Å². The third kappa shape index (κ3) is 6.09. The Morgan fingerprint density at radius 1 is 0.333 bits per heavy atom. The van der Waals surface area contributed by atoms with Gasteiger partial charge in [0.1, 0.15) is 0 Å². The molecule has 0 N–H and O–H groups in total. The summed E-state index contributed by atoms with van der Waals surface area (Å²) >= 11 is 0. The monoisotopic (exact) mass is 751 g/mol. The van der Waals surface area contributed by atoms with Crippen molar-refractivity contribution in [2.75, 3.05) is 0 Å². The van der Waals surface area contributed by atoms with E-state index in [4.69, 9.17) is 0 Å². The molecule has 3 aliphatic carbocycles. The van der Waals surface area contributed by atoms with E-state index in [1.54, 1.807) is 0 Å². The van der Waals surface area contributed by atoms with Crippen LogP contribution in [-0.4, -0.2) is 0 Å². The molecule has 0 aromatic heterocycles. The second kappa shape index (κ2) is 15.4. The summed E-state index contributed by atoms with van der Waals surface area (Å²) in [6.07, 6.45) is 0. The van der Waals surface area contributed by atoms with Crippen molar-refractivity contribution in [1.82, 2.24) is 0 Å². The van der Waals surface area contributed by atoms with Gasteiger partial charge < -0.3 is 0 Å². The summed E-state index contributed by atoms with van der Waals surface area (Å²) in [5.74, 6) is 0. The first-order valence-corrected chi connectivity index (χ1v) is 21.7. The van der Waals surface area contributed by atoms with Gasteiger partial charge >= 0.3 is 0 Å². The van der Waals surface area contributed by atoms with Gasteiger partial charge in [0.05, 0.1) is 0 Å². The van der Waals surface area contributed by atoms with E-state index in [9.17, 15) is 0 Å². The van der Waals surface area contributed by atoms with E-state index < -0.39 is 0 Å². The molecule has 0 atom stereocenters. The Hall–Kier alpha value is -4.94. The zero-order valence-electron chi connectivity index (χ0n) is 37.9. The summed E-state index contributed by atoms with van der Waals surface area (Å²) in [6, 6.07) is 41.9. The van der Waals surface area contributed by atoms with Gasteiger partial charge in [-0.2, -0.15) is 0 Å². The zero-order chi connectivity index (χ0) is 41.8. The van der Waals surface area contributed by atoms with Gasteiger partial charge in [-0.15, -0.1) is 0 Å². The van der Waals surface area contributed by atoms with Crippen LogP contribution in [0.1, 0.15) is 159 Å². The Balaban J connectivity index is 0.000000876. The molecule has 0 spiro atoms. The van der Waals surface area contributed by atoms with Gasteiger partial charge in [0.25, 0.3) is 0 Å². The largest absolute Gasteiger partial charge is 0.0683 e. The molecule has 0 fully saturated rings. The maximum atomic E-state index is 2.57. The average molecular weight is 751 g/mol. The maximum Gasteiger partial charge on any atom is 0.0161 e. The van der Waals surface area contributed by atoms with Gasteiger partial charge in [-0.3, -0.25) is 0 Å². The molecular formula is C57H66. The first-order chi connectivity index (χ1) is 27.3. The third-order valence-corrected chi connectivity index (χ3v) is 13.1. The highest BCUT2D eigenvalue weighted by Crippen LogP contribution is 2.59. The van der Waals surface area contributed by atoms with E-state index in [0.717, 1.165) is 0 Å². The van der Waals surface area contributed by atoms with Crippen molar-refractivity contribution in [1.29, 1.82) is 0 Å². The molecule has 0 saturated heterocycles. The Kier molecular flexibility index (Phi) is 11.3. The molecule has 3 aliphatic rings. The highest BCUT2D eigenvalue weighted by atomic mass is 14.5. The first-order valence-electron chi connectivity index (χ1n) is 21.7. The molecule has 0 aliphatic heterocycles. The predicted octanol–water partition coefficient (Wildman–Crippen LogP) is 17.0. The van der Waals surface area contributed by atoms with Crippen LogP contribution in [-0.2, 0) is 16.2 Å². The van der Waals surface area contributed by atoms with E-state index in [1.165, 1.54) is 111 Å². The van der Waals surface area contributed by atoms with Crippen LogP contribution in [0.25, 0.3) is 55.0 Å². The van der Waals surface area contributed by atoms with Gasteiger partial charge in [-0.05, 0) is 139 Å². The summed E-state index contributed by atoms with van der Waals surface area (Å²) in [5.41, 5.74) is 21.9. The fourth-order valence-electron chi connectivity index (χ4n) is 10.9. The predicted molar refractivity (Wildman–Crippen MR) is 256 cm³/mol. The van der Waals surface area contributed by atoms with Gasteiger partial charge in [0.2, 0.25) is 0 Å². The lowest BCUT2D eigenvalue weighted by atomic mass is 9.71. The second-order valence-corrected chi connectivity index (χ2v) is 17.1. The van der Waals surface area contributed by atoms with Crippen LogP contribution in [0.5, 0.6) is 0 Å². The molecule has 294 valence electrons. The first kappa shape index (κ1) is 41.7. The SMILES string of the molecule is CC.CC.CC.CC1=C(c2ccc3c(C4=C(C)c5ccccc5C4(C)C)c4cc(C)ccc4c(C4=C(C)c5ccccc5C4(C)C)c3c2)C(C)(C)c2ccccc21. The molecule has 6 aromatic carbocycles. The summed E-state index contributed by atoms with van der Waals surface area (Å²) in [5, 5.41) is 5.41. The van der Waals surface area contributed by atoms with Crippen molar-refractivity contribution < 1.29 is 0 Å². The van der Waals surface area contributed by atoms with E-state index in [-0.39, 0.29) is 16.2 Å². The normalized spacial score (nSPS) is 16.6. The van der Waals surface area contributed by atoms with Crippen LogP contribution in [0.15, 0.2) is 109 Å². The number of fused-ring (bicyclic) bond motifs is 5. The highest BCUT2D eigenvalue weighted by Gasteiger charge is 2.42. The number of benzene rings is 6. The number of rotatable bonds is 3. The third-order valence-electron chi connectivity index (χ3n) is 13.1. The van der Waals surface area contributed by atoms with Crippen molar-refractivity contribution in [2.24, 2.45) is 0 Å². The lowest BCUT2D eigenvalue weighted by Crippen LogP contribution is -2.19. The number of allylic oxidation sites excluding steroid dienone is 6. The lowest BCUT2D eigenvalue weighted by Gasteiger charge is -2.32. The Labute approximate surface area is 345 Å². The molecule has 0 saturated carbocycles. The minimum Gasteiger partial charge on any atom is -0.0683 e. The number of aryl methyl sites for hydroxylation is 1. The Morgan fingerprint density at radius 3 is 1.07 bits per heavy atom. The molecule has 0 nitrogen and oxygen atoms in total. The summed E-state index contributed by atoms with van der Waals surface area (Å²) < 4.78 is 0. The van der Waals surface area contributed by atoms with Crippen molar-refractivity contribution in [3.63, 3.8) is 0 Å². The standard InChI is InChI=1S/C51H48.3C2H6/c1-29-23-25-37-39(27-29)44(47-31(3)35-18-12-15-21-42(35)50(47,7)8)38-26-24-33(46-30(2)34-17-11-14-20-41(34)49(46,5)6)28-40(38)45(37)48-32(4)36-19-13-16-22-43(36)51(48,9)10;3*1-2/h11-28H,1-10H3;3*1-2H3.